The van der Waals surface area contributed by atoms with E-state index in [4.69, 9.17) is 4.74 Å². The molecule has 2 bridgehead atoms. The highest BCUT2D eigenvalue weighted by Gasteiger charge is 2.39. The van der Waals surface area contributed by atoms with Gasteiger partial charge in [-0.05, 0) is 55.2 Å². The number of carbonyl (C=O) groups is 1. The topological polar surface area (TPSA) is 66.0 Å². The van der Waals surface area contributed by atoms with E-state index in [1.54, 1.807) is 26.1 Å². The molecule has 2 N–H and O–H groups in total. The van der Waals surface area contributed by atoms with E-state index in [1.807, 2.05) is 12.1 Å². The fraction of sp³-hybridized carbons (Fsp3) is 0.619. The van der Waals surface area contributed by atoms with Crippen molar-refractivity contribution in [1.82, 2.24) is 15.5 Å². The minimum Gasteiger partial charge on any atom is -0.497 e. The predicted molar refractivity (Wildman–Crippen MR) is 123 cm³/mol. The maximum absolute atomic E-state index is 11.9. The number of benzene rings is 1. The van der Waals surface area contributed by atoms with Gasteiger partial charge in [0.1, 0.15) is 12.3 Å². The third-order valence-electron chi connectivity index (χ3n) is 5.80. The van der Waals surface area contributed by atoms with Gasteiger partial charge in [0.25, 0.3) is 0 Å². The molecule has 28 heavy (non-hydrogen) atoms. The SMILES string of the molecule is COc1ccc(CCNC(=NCC(=O)N(C)C)NC2CC3CCC2C3)cc1.I. The lowest BCUT2D eigenvalue weighted by Crippen LogP contribution is -2.46. The molecule has 0 aromatic heterocycles. The van der Waals surface area contributed by atoms with Gasteiger partial charge >= 0.3 is 0 Å². The molecule has 2 aliphatic rings. The van der Waals surface area contributed by atoms with Gasteiger partial charge in [-0.1, -0.05) is 18.6 Å². The van der Waals surface area contributed by atoms with Crippen LogP contribution in [0.25, 0.3) is 0 Å². The second-order valence-electron chi connectivity index (χ2n) is 7.90. The Labute approximate surface area is 185 Å². The van der Waals surface area contributed by atoms with Crippen LogP contribution in [0.15, 0.2) is 29.3 Å². The van der Waals surface area contributed by atoms with Crippen LogP contribution >= 0.6 is 24.0 Å². The zero-order valence-corrected chi connectivity index (χ0v) is 19.4. The summed E-state index contributed by atoms with van der Waals surface area (Å²) in [5.74, 6) is 3.27. The summed E-state index contributed by atoms with van der Waals surface area (Å²) in [7, 11) is 5.20. The van der Waals surface area contributed by atoms with Gasteiger partial charge in [0.05, 0.1) is 7.11 Å². The number of rotatable bonds is 7. The molecular formula is C21H33IN4O2. The summed E-state index contributed by atoms with van der Waals surface area (Å²) >= 11 is 0. The standard InChI is InChI=1S/C21H32N4O2.HI/c1-25(2)20(26)14-23-21(24-19-13-16-4-7-17(19)12-16)22-11-10-15-5-8-18(27-3)9-6-15;/h5-6,8-9,16-17,19H,4,7,10-14H2,1-3H3,(H2,22,23,24);1H. The van der Waals surface area contributed by atoms with E-state index in [-0.39, 0.29) is 36.4 Å². The minimum absolute atomic E-state index is 0. The van der Waals surface area contributed by atoms with E-state index >= 15 is 0 Å². The third-order valence-corrected chi connectivity index (χ3v) is 5.80. The fourth-order valence-corrected chi connectivity index (χ4v) is 4.16. The molecule has 0 aliphatic heterocycles. The first-order valence-electron chi connectivity index (χ1n) is 9.93. The normalized spacial score (nSPS) is 23.1. The molecule has 7 heteroatoms. The molecule has 1 amide bonds. The number of fused-ring (bicyclic) bond motifs is 2. The van der Waals surface area contributed by atoms with Crippen molar-refractivity contribution in [2.75, 3.05) is 34.3 Å². The zero-order valence-electron chi connectivity index (χ0n) is 17.1. The van der Waals surface area contributed by atoms with Crippen molar-refractivity contribution in [3.05, 3.63) is 29.8 Å². The molecule has 2 fully saturated rings. The average molecular weight is 500 g/mol. The van der Waals surface area contributed by atoms with Crippen molar-refractivity contribution in [2.45, 2.75) is 38.1 Å². The third kappa shape index (κ3) is 6.25. The number of aliphatic imine (C=N–C) groups is 1. The van der Waals surface area contributed by atoms with Crippen LogP contribution < -0.4 is 15.4 Å². The van der Waals surface area contributed by atoms with Gasteiger partial charge in [0, 0.05) is 26.7 Å². The highest BCUT2D eigenvalue weighted by molar-refractivity contribution is 14.0. The molecule has 156 valence electrons. The van der Waals surface area contributed by atoms with Gasteiger partial charge in [-0.15, -0.1) is 24.0 Å². The summed E-state index contributed by atoms with van der Waals surface area (Å²) in [5.41, 5.74) is 1.24. The summed E-state index contributed by atoms with van der Waals surface area (Å²) in [6, 6.07) is 8.61. The number of nitrogens with one attached hydrogen (secondary N) is 2. The quantitative estimate of drug-likeness (QED) is 0.344. The van der Waals surface area contributed by atoms with Crippen LogP contribution in [0.3, 0.4) is 0 Å². The summed E-state index contributed by atoms with van der Waals surface area (Å²) in [5, 5.41) is 7.01. The van der Waals surface area contributed by atoms with Crippen LogP contribution in [-0.2, 0) is 11.2 Å². The fourth-order valence-electron chi connectivity index (χ4n) is 4.16. The smallest absolute Gasteiger partial charge is 0.243 e. The Morgan fingerprint density at radius 1 is 1.21 bits per heavy atom. The molecule has 0 radical (unpaired) electrons. The van der Waals surface area contributed by atoms with E-state index in [0.29, 0.717) is 6.04 Å². The van der Waals surface area contributed by atoms with Gasteiger partial charge < -0.3 is 20.3 Å². The maximum atomic E-state index is 11.9. The molecule has 2 aliphatic carbocycles. The minimum atomic E-state index is 0. The molecule has 3 atom stereocenters. The van der Waals surface area contributed by atoms with E-state index in [1.165, 1.54) is 31.2 Å². The number of nitrogens with zero attached hydrogens (tertiary/aromatic N) is 2. The summed E-state index contributed by atoms with van der Waals surface area (Å²) in [4.78, 5) is 18.0. The highest BCUT2D eigenvalue weighted by atomic mass is 127. The number of carbonyl (C=O) groups excluding carboxylic acids is 1. The number of likely N-dealkylation sites (N-methyl/N-ethyl adjacent to an activating group) is 1. The average Bonchev–Trinajstić information content (AvgIpc) is 3.29. The number of methoxy groups -OCH3 is 1. The highest BCUT2D eigenvalue weighted by Crippen LogP contribution is 2.44. The molecule has 1 aromatic carbocycles. The summed E-state index contributed by atoms with van der Waals surface area (Å²) < 4.78 is 5.20. The largest absolute Gasteiger partial charge is 0.497 e. The molecule has 1 aromatic rings. The Morgan fingerprint density at radius 3 is 2.54 bits per heavy atom. The van der Waals surface area contributed by atoms with E-state index in [0.717, 1.165) is 36.5 Å². The lowest BCUT2D eigenvalue weighted by atomic mass is 9.95. The van der Waals surface area contributed by atoms with Crippen LogP contribution in [0.1, 0.15) is 31.2 Å². The van der Waals surface area contributed by atoms with Crippen LogP contribution in [0.5, 0.6) is 5.75 Å². The molecule has 0 spiro atoms. The van der Waals surface area contributed by atoms with Crippen molar-refractivity contribution in [2.24, 2.45) is 16.8 Å². The van der Waals surface area contributed by atoms with Crippen LogP contribution in [-0.4, -0.2) is 57.1 Å². The Kier molecular flexibility index (Phi) is 8.85. The van der Waals surface area contributed by atoms with Crippen molar-refractivity contribution in [3.8, 4) is 5.75 Å². The van der Waals surface area contributed by atoms with Gasteiger partial charge in [0.2, 0.25) is 5.91 Å². The summed E-state index contributed by atoms with van der Waals surface area (Å²) in [6.07, 6.45) is 6.15. The Morgan fingerprint density at radius 2 is 1.96 bits per heavy atom. The van der Waals surface area contributed by atoms with Crippen molar-refractivity contribution >= 4 is 35.8 Å². The first-order chi connectivity index (χ1) is 13.0. The monoisotopic (exact) mass is 500 g/mol. The van der Waals surface area contributed by atoms with Crippen LogP contribution in [0, 0.1) is 11.8 Å². The number of ether oxygens (including phenoxy) is 1. The Hall–Kier alpha value is -1.51. The zero-order chi connectivity index (χ0) is 19.2. The van der Waals surface area contributed by atoms with Crippen LogP contribution in [0.4, 0.5) is 0 Å². The molecule has 0 heterocycles. The first-order valence-corrected chi connectivity index (χ1v) is 9.93. The predicted octanol–water partition coefficient (Wildman–Crippen LogP) is 2.67. The van der Waals surface area contributed by atoms with Gasteiger partial charge in [-0.3, -0.25) is 4.79 Å². The molecule has 3 unspecified atom stereocenters. The van der Waals surface area contributed by atoms with Crippen molar-refractivity contribution in [1.29, 1.82) is 0 Å². The molecule has 2 saturated carbocycles. The molecule has 0 saturated heterocycles. The van der Waals surface area contributed by atoms with Crippen molar-refractivity contribution in [3.63, 3.8) is 0 Å². The van der Waals surface area contributed by atoms with Gasteiger partial charge in [-0.2, -0.15) is 0 Å². The van der Waals surface area contributed by atoms with Crippen LogP contribution in [0.2, 0.25) is 0 Å². The van der Waals surface area contributed by atoms with E-state index in [9.17, 15) is 4.79 Å². The number of amides is 1. The maximum Gasteiger partial charge on any atom is 0.243 e. The molecule has 3 rings (SSSR count). The lowest BCUT2D eigenvalue weighted by molar-refractivity contribution is -0.127. The second-order valence-corrected chi connectivity index (χ2v) is 7.90. The van der Waals surface area contributed by atoms with Gasteiger partial charge in [-0.25, -0.2) is 4.99 Å². The second kappa shape index (κ2) is 10.9. The Bertz CT molecular complexity index is 663. The van der Waals surface area contributed by atoms with E-state index < -0.39 is 0 Å². The van der Waals surface area contributed by atoms with Crippen molar-refractivity contribution < 1.29 is 9.53 Å². The first kappa shape index (κ1) is 22.8. The van der Waals surface area contributed by atoms with Gasteiger partial charge in [0.15, 0.2) is 5.96 Å². The number of hydrogen-bond donors (Lipinski definition) is 2. The Balaban J connectivity index is 0.00000280. The number of guanidine groups is 1. The van der Waals surface area contributed by atoms with E-state index in [2.05, 4.69) is 27.8 Å². The molecular weight excluding hydrogens is 467 g/mol. The summed E-state index contributed by atoms with van der Waals surface area (Å²) in [6.45, 7) is 0.945. The number of hydrogen-bond acceptors (Lipinski definition) is 3. The lowest BCUT2D eigenvalue weighted by Gasteiger charge is -2.25. The molecule has 6 nitrogen and oxygen atoms in total. The number of halogens is 1.